The molecule has 0 aliphatic carbocycles. The molecule has 0 unspecified atom stereocenters. The van der Waals surface area contributed by atoms with Gasteiger partial charge in [0.25, 0.3) is 0 Å². The van der Waals surface area contributed by atoms with Gasteiger partial charge in [0.2, 0.25) is 23.7 Å². The normalized spacial score (nSPS) is 5.77. The Labute approximate surface area is 83.4 Å². The number of rotatable bonds is 0. The van der Waals surface area contributed by atoms with Gasteiger partial charge in [-0.15, -0.1) is 0 Å². The zero-order valence-electron chi connectivity index (χ0n) is 5.39. The van der Waals surface area contributed by atoms with E-state index < -0.39 is 23.7 Å². The second-order valence-corrected chi connectivity index (χ2v) is 2.01. The summed E-state index contributed by atoms with van der Waals surface area (Å²) in [4.78, 5) is 25.4. The third-order valence-corrected chi connectivity index (χ3v) is 0. The molecule has 0 saturated carbocycles. The predicted octanol–water partition coefficient (Wildman–Crippen LogP) is -1.70. The van der Waals surface area contributed by atoms with Gasteiger partial charge in [-0.2, -0.15) is 0 Å². The first kappa shape index (κ1) is 23.2. The number of hydrogen-bond acceptors (Lipinski definition) is 9. The van der Waals surface area contributed by atoms with E-state index >= 15 is 0 Å². The zero-order chi connectivity index (χ0) is 10.7. The maximum atomic E-state index is 8.48. The molecule has 0 amide bonds. The summed E-state index contributed by atoms with van der Waals surface area (Å²) in [7, 11) is -10.1. The molecule has 9 nitrogen and oxygen atoms in total. The van der Waals surface area contributed by atoms with Crippen molar-refractivity contribution in [2.45, 2.75) is 0 Å². The number of hydrogen-bond donors (Lipinski definition) is 0. The summed E-state index contributed by atoms with van der Waals surface area (Å²) in [5.74, 6) is 0. The van der Waals surface area contributed by atoms with Gasteiger partial charge >= 0.3 is 17.1 Å². The predicted molar refractivity (Wildman–Crippen MR) is 24.9 cm³/mol. The first-order chi connectivity index (χ1) is 5.20. The monoisotopic (exact) mass is 292 g/mol. The van der Waals surface area contributed by atoms with Crippen molar-refractivity contribution in [1.82, 2.24) is 0 Å². The van der Waals surface area contributed by atoms with Gasteiger partial charge < -0.3 is 14.7 Å². The van der Waals surface area contributed by atoms with Crippen LogP contribution in [-0.4, -0.2) is 0 Å². The summed E-state index contributed by atoms with van der Waals surface area (Å²) < 4.78 is 50.9. The van der Waals surface area contributed by atoms with Crippen LogP contribution in [0.2, 0.25) is 0 Å². The molecule has 0 aliphatic rings. The van der Waals surface area contributed by atoms with Crippen LogP contribution < -0.4 is 14.7 Å². The van der Waals surface area contributed by atoms with Crippen LogP contribution in [-0.2, 0) is 44.5 Å². The van der Waals surface area contributed by atoms with E-state index in [1.54, 1.807) is 0 Å². The maximum Gasteiger partial charge on any atom is 3.00 e. The van der Waals surface area contributed by atoms with Gasteiger partial charge in [0.15, 0.2) is 0 Å². The summed E-state index contributed by atoms with van der Waals surface area (Å²) in [6.07, 6.45) is 0. The van der Waals surface area contributed by atoms with Gasteiger partial charge in [0, 0.05) is 0 Å². The van der Waals surface area contributed by atoms with Crippen molar-refractivity contribution in [3.63, 3.8) is 0 Å². The summed E-state index contributed by atoms with van der Waals surface area (Å²) in [6, 6.07) is 0. The van der Waals surface area contributed by atoms with Crippen LogP contribution in [0.25, 0.3) is 0 Å². The van der Waals surface area contributed by atoms with E-state index in [1.165, 1.54) is 0 Å². The van der Waals surface area contributed by atoms with Crippen molar-refractivity contribution in [3.8, 4) is 0 Å². The van der Waals surface area contributed by atoms with E-state index in [0.29, 0.717) is 0 Å². The minimum absolute atomic E-state index is 0. The van der Waals surface area contributed by atoms with E-state index in [4.69, 9.17) is 42.1 Å². The second-order valence-electron chi connectivity index (χ2n) is 0.671. The fourth-order valence-electron chi connectivity index (χ4n) is 0. The molecule has 0 heterocycles. The van der Waals surface area contributed by atoms with E-state index in [0.717, 1.165) is 0 Å². The van der Waals surface area contributed by atoms with Gasteiger partial charge in [0.05, 0.1) is 0 Å². The molecule has 0 atom stereocenters. The van der Waals surface area contributed by atoms with Crippen molar-refractivity contribution >= 4 is 23.7 Å². The van der Waals surface area contributed by atoms with E-state index in [9.17, 15) is 0 Å². The first-order valence-electron chi connectivity index (χ1n) is 1.64. The average Bonchev–Trinajstić information content (AvgIpc) is 1.54. The Bertz CT molecular complexity index is 208. The SMILES string of the molecule is O=P(=O)[O-].O=P(=O)[O-].O=P(=O)[O-].[Mn+3]. The Balaban J connectivity index is -0.0000000450. The molecule has 13 heteroatoms. The molecule has 0 aromatic carbocycles. The van der Waals surface area contributed by atoms with Crippen LogP contribution in [0.5, 0.6) is 0 Å². The Morgan fingerprint density at radius 2 is 0.538 bits per heavy atom. The molecule has 0 N–H and O–H groups in total. The fourth-order valence-corrected chi connectivity index (χ4v) is 0. The van der Waals surface area contributed by atoms with Crippen molar-refractivity contribution in [2.24, 2.45) is 0 Å². The largest absolute Gasteiger partial charge is 3.00 e. The summed E-state index contributed by atoms with van der Waals surface area (Å²) in [5.41, 5.74) is 0. The van der Waals surface area contributed by atoms with Crippen molar-refractivity contribution in [1.29, 1.82) is 0 Å². The molecular formula is MnO9P3. The quantitative estimate of drug-likeness (QED) is 0.372. The van der Waals surface area contributed by atoms with Crippen molar-refractivity contribution in [3.05, 3.63) is 0 Å². The molecule has 0 bridgehead atoms. The van der Waals surface area contributed by atoms with Crippen LogP contribution in [0.4, 0.5) is 0 Å². The minimum atomic E-state index is -3.37. The first-order valence-corrected chi connectivity index (χ1v) is 4.93. The van der Waals surface area contributed by atoms with Gasteiger partial charge in [-0.3, -0.25) is 27.4 Å². The van der Waals surface area contributed by atoms with Crippen LogP contribution >= 0.6 is 23.7 Å². The molecule has 0 radical (unpaired) electrons. The zero-order valence-corrected chi connectivity index (χ0v) is 9.26. The molecule has 0 rings (SSSR count). The second kappa shape index (κ2) is 18.0. The molecule has 0 aromatic heterocycles. The Morgan fingerprint density at radius 1 is 0.538 bits per heavy atom. The third-order valence-electron chi connectivity index (χ3n) is 0. The Hall–Kier alpha value is 0.0995. The van der Waals surface area contributed by atoms with Crippen LogP contribution in [0.3, 0.4) is 0 Å². The van der Waals surface area contributed by atoms with Crippen LogP contribution in [0.1, 0.15) is 0 Å². The third kappa shape index (κ3) is 125000. The minimum Gasteiger partial charge on any atom is -0.744 e. The fraction of sp³-hybridized carbons (Fsp3) is 0. The summed E-state index contributed by atoms with van der Waals surface area (Å²) in [5, 5.41) is 0. The standard InChI is InChI=1S/Mn.3HO3P/c;3*1-4(2)3/h;3*(H,1,2,3)/q+3;;;/p-3. The van der Waals surface area contributed by atoms with Crippen LogP contribution in [0, 0.1) is 0 Å². The molecule has 0 fully saturated rings. The molecular weight excluding hydrogens is 292 g/mol. The molecule has 0 saturated heterocycles. The maximum absolute atomic E-state index is 8.48. The Morgan fingerprint density at radius 3 is 0.538 bits per heavy atom. The van der Waals surface area contributed by atoms with Crippen molar-refractivity contribution in [2.75, 3.05) is 0 Å². The van der Waals surface area contributed by atoms with Gasteiger partial charge in [-0.05, 0) is 0 Å². The van der Waals surface area contributed by atoms with E-state index in [2.05, 4.69) is 0 Å². The molecule has 0 aromatic rings. The van der Waals surface area contributed by atoms with Crippen LogP contribution in [0.15, 0.2) is 0 Å². The van der Waals surface area contributed by atoms with Gasteiger partial charge in [-0.1, -0.05) is 0 Å². The molecule has 13 heavy (non-hydrogen) atoms. The van der Waals surface area contributed by atoms with E-state index in [1.807, 2.05) is 0 Å². The van der Waals surface area contributed by atoms with Gasteiger partial charge in [-0.25, -0.2) is 0 Å². The molecule has 76 valence electrons. The molecule has 0 spiro atoms. The van der Waals surface area contributed by atoms with E-state index in [-0.39, 0.29) is 17.1 Å². The molecule has 0 aliphatic heterocycles. The summed E-state index contributed by atoms with van der Waals surface area (Å²) in [6.45, 7) is 0. The van der Waals surface area contributed by atoms with Gasteiger partial charge in [0.1, 0.15) is 0 Å². The average molecular weight is 292 g/mol. The van der Waals surface area contributed by atoms with Crippen molar-refractivity contribution < 1.29 is 59.1 Å². The summed E-state index contributed by atoms with van der Waals surface area (Å²) >= 11 is 0. The topological polar surface area (TPSA) is 172 Å². The smallest absolute Gasteiger partial charge is 0.744 e. The Kier molecular flexibility index (Phi) is 32.1.